The van der Waals surface area contributed by atoms with Crippen LogP contribution in [-0.4, -0.2) is 18.2 Å². The molecule has 1 amide bonds. The minimum Gasteiger partial charge on any atom is -0.481 e. The van der Waals surface area contributed by atoms with Gasteiger partial charge >= 0.3 is 6.18 Å². The van der Waals surface area contributed by atoms with Crippen molar-refractivity contribution < 1.29 is 22.7 Å². The van der Waals surface area contributed by atoms with E-state index in [0.717, 1.165) is 12.3 Å². The maximum Gasteiger partial charge on any atom is 0.417 e. The van der Waals surface area contributed by atoms with Gasteiger partial charge in [0.25, 0.3) is 5.91 Å². The first-order valence-corrected chi connectivity index (χ1v) is 7.56. The highest BCUT2D eigenvalue weighted by atomic mass is 35.5. The van der Waals surface area contributed by atoms with Crippen molar-refractivity contribution in [3.63, 3.8) is 0 Å². The fourth-order valence-electron chi connectivity index (χ4n) is 1.89. The zero-order valence-electron chi connectivity index (χ0n) is 13.0. The molecule has 0 saturated heterocycles. The van der Waals surface area contributed by atoms with Gasteiger partial charge in [0.1, 0.15) is 5.75 Å². The molecule has 2 aromatic rings. The summed E-state index contributed by atoms with van der Waals surface area (Å²) in [6.45, 7) is 1.49. The largest absolute Gasteiger partial charge is 0.481 e. The number of hydrazone groups is 1. The van der Waals surface area contributed by atoms with E-state index >= 15 is 0 Å². The van der Waals surface area contributed by atoms with Gasteiger partial charge in [0.05, 0.1) is 11.8 Å². The Labute approximate surface area is 147 Å². The molecule has 4 nitrogen and oxygen atoms in total. The SMILES string of the molecule is C[C@H](Oc1ccc(Cl)cc1)C(=O)N/N=C\c1ccccc1C(F)(F)F. The first-order chi connectivity index (χ1) is 11.8. The van der Waals surface area contributed by atoms with E-state index < -0.39 is 23.8 Å². The summed E-state index contributed by atoms with van der Waals surface area (Å²) < 4.78 is 44.0. The van der Waals surface area contributed by atoms with Crippen LogP contribution in [0, 0.1) is 0 Å². The third-order valence-corrected chi connectivity index (χ3v) is 3.39. The number of nitrogens with one attached hydrogen (secondary N) is 1. The molecule has 0 heterocycles. The van der Waals surface area contributed by atoms with Crippen molar-refractivity contribution >= 4 is 23.7 Å². The molecule has 0 fully saturated rings. The van der Waals surface area contributed by atoms with Gasteiger partial charge in [0, 0.05) is 10.6 Å². The van der Waals surface area contributed by atoms with Gasteiger partial charge in [0.2, 0.25) is 0 Å². The van der Waals surface area contributed by atoms with Crippen LogP contribution in [0.5, 0.6) is 5.75 Å². The molecule has 0 saturated carbocycles. The first-order valence-electron chi connectivity index (χ1n) is 7.19. The molecule has 0 radical (unpaired) electrons. The highest BCUT2D eigenvalue weighted by Crippen LogP contribution is 2.31. The number of alkyl halides is 3. The Balaban J connectivity index is 1.97. The number of nitrogens with zero attached hydrogens (tertiary/aromatic N) is 1. The molecule has 0 unspecified atom stereocenters. The zero-order valence-corrected chi connectivity index (χ0v) is 13.8. The average Bonchev–Trinajstić information content (AvgIpc) is 2.56. The molecule has 0 aliphatic heterocycles. The molecule has 25 heavy (non-hydrogen) atoms. The predicted molar refractivity (Wildman–Crippen MR) is 88.7 cm³/mol. The number of carbonyl (C=O) groups excluding carboxylic acids is 1. The lowest BCUT2D eigenvalue weighted by Gasteiger charge is -2.13. The molecular formula is C17H14ClF3N2O2. The van der Waals surface area contributed by atoms with E-state index in [1.165, 1.54) is 25.1 Å². The molecule has 2 aromatic carbocycles. The van der Waals surface area contributed by atoms with Gasteiger partial charge in [0.15, 0.2) is 6.10 Å². The number of amides is 1. The van der Waals surface area contributed by atoms with Gasteiger partial charge in [-0.25, -0.2) is 5.43 Å². The topological polar surface area (TPSA) is 50.7 Å². The number of carbonyl (C=O) groups is 1. The number of hydrogen-bond donors (Lipinski definition) is 1. The predicted octanol–water partition coefficient (Wildman–Crippen LogP) is 4.28. The first kappa shape index (κ1) is 18.8. The van der Waals surface area contributed by atoms with Crippen molar-refractivity contribution in [2.75, 3.05) is 0 Å². The van der Waals surface area contributed by atoms with Crippen molar-refractivity contribution in [3.05, 3.63) is 64.7 Å². The Kier molecular flexibility index (Phi) is 6.03. The zero-order chi connectivity index (χ0) is 18.4. The smallest absolute Gasteiger partial charge is 0.417 e. The molecule has 0 bridgehead atoms. The van der Waals surface area contributed by atoms with E-state index in [1.54, 1.807) is 24.3 Å². The van der Waals surface area contributed by atoms with Crippen molar-refractivity contribution in [2.24, 2.45) is 5.10 Å². The normalized spacial score (nSPS) is 12.8. The van der Waals surface area contributed by atoms with Crippen LogP contribution in [0.4, 0.5) is 13.2 Å². The van der Waals surface area contributed by atoms with E-state index in [1.807, 2.05) is 0 Å². The fourth-order valence-corrected chi connectivity index (χ4v) is 2.02. The molecule has 1 atom stereocenters. The van der Waals surface area contributed by atoms with Crippen LogP contribution in [0.1, 0.15) is 18.1 Å². The van der Waals surface area contributed by atoms with Crippen LogP contribution in [0.25, 0.3) is 0 Å². The van der Waals surface area contributed by atoms with E-state index in [4.69, 9.17) is 16.3 Å². The lowest BCUT2D eigenvalue weighted by atomic mass is 10.1. The number of rotatable bonds is 5. The Morgan fingerprint density at radius 3 is 2.48 bits per heavy atom. The maximum absolute atomic E-state index is 12.9. The molecule has 2 rings (SSSR count). The quantitative estimate of drug-likeness (QED) is 0.631. The summed E-state index contributed by atoms with van der Waals surface area (Å²) in [6, 6.07) is 11.3. The number of hydrogen-bond acceptors (Lipinski definition) is 3. The van der Waals surface area contributed by atoms with Gasteiger partial charge in [-0.15, -0.1) is 0 Å². The summed E-state index contributed by atoms with van der Waals surface area (Å²) in [5, 5.41) is 4.09. The summed E-state index contributed by atoms with van der Waals surface area (Å²) in [6.07, 6.45) is -4.45. The van der Waals surface area contributed by atoms with Crippen molar-refractivity contribution in [2.45, 2.75) is 19.2 Å². The third kappa shape index (κ3) is 5.49. The number of benzene rings is 2. The standard InChI is InChI=1S/C17H14ClF3N2O2/c1-11(25-14-8-6-13(18)7-9-14)16(24)23-22-10-12-4-2-3-5-15(12)17(19,20)21/h2-11H,1H3,(H,23,24)/b22-10-/t11-/m0/s1. The van der Waals surface area contributed by atoms with Crippen LogP contribution in [0.2, 0.25) is 5.02 Å². The monoisotopic (exact) mass is 370 g/mol. The Morgan fingerprint density at radius 1 is 1.20 bits per heavy atom. The summed E-state index contributed by atoms with van der Waals surface area (Å²) in [5.41, 5.74) is 1.17. The summed E-state index contributed by atoms with van der Waals surface area (Å²) >= 11 is 5.75. The number of halogens is 4. The second kappa shape index (κ2) is 8.02. The van der Waals surface area contributed by atoms with E-state index in [-0.39, 0.29) is 5.56 Å². The number of ether oxygens (including phenoxy) is 1. The molecule has 8 heteroatoms. The summed E-state index contributed by atoms with van der Waals surface area (Å²) in [7, 11) is 0. The molecule has 0 aliphatic carbocycles. The van der Waals surface area contributed by atoms with Crippen LogP contribution >= 0.6 is 11.6 Å². The van der Waals surface area contributed by atoms with Gasteiger partial charge in [-0.1, -0.05) is 29.8 Å². The molecule has 0 aliphatic rings. The van der Waals surface area contributed by atoms with E-state index in [0.29, 0.717) is 10.8 Å². The Morgan fingerprint density at radius 2 is 1.84 bits per heavy atom. The second-order valence-corrected chi connectivity index (χ2v) is 5.47. The average molecular weight is 371 g/mol. The van der Waals surface area contributed by atoms with Gasteiger partial charge in [-0.3, -0.25) is 4.79 Å². The van der Waals surface area contributed by atoms with E-state index in [9.17, 15) is 18.0 Å². The highest BCUT2D eigenvalue weighted by molar-refractivity contribution is 6.30. The second-order valence-electron chi connectivity index (χ2n) is 5.03. The third-order valence-electron chi connectivity index (χ3n) is 3.14. The van der Waals surface area contributed by atoms with Crippen LogP contribution in [0.3, 0.4) is 0 Å². The van der Waals surface area contributed by atoms with Crippen LogP contribution < -0.4 is 10.2 Å². The molecule has 0 spiro atoms. The van der Waals surface area contributed by atoms with Crippen molar-refractivity contribution in [3.8, 4) is 5.75 Å². The Bertz CT molecular complexity index is 761. The van der Waals surface area contributed by atoms with Crippen molar-refractivity contribution in [1.82, 2.24) is 5.43 Å². The maximum atomic E-state index is 12.9. The molecule has 0 aromatic heterocycles. The summed E-state index contributed by atoms with van der Waals surface area (Å²) in [5.74, 6) is -0.172. The van der Waals surface area contributed by atoms with Crippen LogP contribution in [0.15, 0.2) is 53.6 Å². The highest BCUT2D eigenvalue weighted by Gasteiger charge is 2.32. The molecule has 1 N–H and O–H groups in total. The Hall–Kier alpha value is -2.54. The lowest BCUT2D eigenvalue weighted by molar-refractivity contribution is -0.137. The lowest BCUT2D eigenvalue weighted by Crippen LogP contribution is -2.33. The minimum atomic E-state index is -4.50. The van der Waals surface area contributed by atoms with Gasteiger partial charge in [-0.05, 0) is 37.3 Å². The molecule has 132 valence electrons. The van der Waals surface area contributed by atoms with E-state index in [2.05, 4.69) is 10.5 Å². The van der Waals surface area contributed by atoms with Gasteiger partial charge in [-0.2, -0.15) is 18.3 Å². The van der Waals surface area contributed by atoms with Crippen LogP contribution in [-0.2, 0) is 11.0 Å². The molecular weight excluding hydrogens is 357 g/mol. The van der Waals surface area contributed by atoms with Gasteiger partial charge < -0.3 is 4.74 Å². The summed E-state index contributed by atoms with van der Waals surface area (Å²) in [4.78, 5) is 11.9. The fraction of sp³-hybridized carbons (Fsp3) is 0.176. The van der Waals surface area contributed by atoms with Crippen molar-refractivity contribution in [1.29, 1.82) is 0 Å². The minimum absolute atomic E-state index is 0.151.